The molecule has 3 N–H and O–H groups in total. The minimum Gasteiger partial charge on any atom is -0.495 e. The Balaban J connectivity index is 1.96. The van der Waals surface area contributed by atoms with Crippen LogP contribution in [-0.4, -0.2) is 37.6 Å². The first-order valence-corrected chi connectivity index (χ1v) is 8.10. The molecule has 0 saturated heterocycles. The van der Waals surface area contributed by atoms with Gasteiger partial charge in [-0.1, -0.05) is 41.9 Å². The van der Waals surface area contributed by atoms with E-state index < -0.39 is 0 Å². The van der Waals surface area contributed by atoms with Gasteiger partial charge in [0.15, 0.2) is 0 Å². The predicted octanol–water partition coefficient (Wildman–Crippen LogP) is 2.75. The summed E-state index contributed by atoms with van der Waals surface area (Å²) in [7, 11) is 1.55. The fourth-order valence-electron chi connectivity index (χ4n) is 2.39. The number of hydrogen-bond donors (Lipinski definition) is 2. The molecule has 0 aliphatic heterocycles. The van der Waals surface area contributed by atoms with Crippen LogP contribution in [0.2, 0.25) is 5.02 Å². The first kappa shape index (κ1) is 18.3. The smallest absolute Gasteiger partial charge is 0.238 e. The summed E-state index contributed by atoms with van der Waals surface area (Å²) in [6.07, 6.45) is 0. The van der Waals surface area contributed by atoms with Crippen LogP contribution in [0.5, 0.6) is 5.75 Å². The van der Waals surface area contributed by atoms with Gasteiger partial charge in [0.25, 0.3) is 0 Å². The Hall–Kier alpha value is -2.08. The maximum Gasteiger partial charge on any atom is 0.238 e. The lowest BCUT2D eigenvalue weighted by Crippen LogP contribution is -2.36. The summed E-state index contributed by atoms with van der Waals surface area (Å²) in [6, 6.07) is 15.1. The fraction of sp³-hybridized carbons (Fsp3) is 0.278. The molecule has 0 heterocycles. The second-order valence-electron chi connectivity index (χ2n) is 5.38. The van der Waals surface area contributed by atoms with E-state index in [4.69, 9.17) is 22.1 Å². The van der Waals surface area contributed by atoms with Gasteiger partial charge in [0.2, 0.25) is 5.91 Å². The van der Waals surface area contributed by atoms with Crippen molar-refractivity contribution in [1.29, 1.82) is 0 Å². The second kappa shape index (κ2) is 9.27. The maximum atomic E-state index is 12.3. The number of carbonyl (C=O) groups excluding carboxylic acids is 1. The molecule has 0 spiro atoms. The molecule has 0 atom stereocenters. The van der Waals surface area contributed by atoms with E-state index >= 15 is 0 Å². The highest BCUT2D eigenvalue weighted by atomic mass is 35.5. The monoisotopic (exact) mass is 347 g/mol. The molecular formula is C18H22ClN3O2. The third kappa shape index (κ3) is 5.53. The van der Waals surface area contributed by atoms with Gasteiger partial charge in [0.1, 0.15) is 5.75 Å². The topological polar surface area (TPSA) is 67.6 Å². The highest BCUT2D eigenvalue weighted by Crippen LogP contribution is 2.27. The number of hydrogen-bond acceptors (Lipinski definition) is 4. The number of benzene rings is 2. The molecular weight excluding hydrogens is 326 g/mol. The van der Waals surface area contributed by atoms with Crippen molar-refractivity contribution in [3.05, 3.63) is 59.1 Å². The zero-order valence-electron chi connectivity index (χ0n) is 13.7. The van der Waals surface area contributed by atoms with Gasteiger partial charge in [-0.2, -0.15) is 0 Å². The SMILES string of the molecule is COc1ccc(NC(=O)CN(CCN)Cc2ccccc2)cc1Cl. The van der Waals surface area contributed by atoms with E-state index in [9.17, 15) is 4.79 Å². The van der Waals surface area contributed by atoms with Gasteiger partial charge in [0, 0.05) is 25.3 Å². The van der Waals surface area contributed by atoms with Crippen molar-refractivity contribution in [1.82, 2.24) is 4.90 Å². The summed E-state index contributed by atoms with van der Waals surface area (Å²) in [4.78, 5) is 14.3. The van der Waals surface area contributed by atoms with Crippen molar-refractivity contribution >= 4 is 23.2 Å². The van der Waals surface area contributed by atoms with Gasteiger partial charge >= 0.3 is 0 Å². The molecule has 0 fully saturated rings. The van der Waals surface area contributed by atoms with E-state index in [0.29, 0.717) is 36.1 Å². The van der Waals surface area contributed by atoms with E-state index in [2.05, 4.69) is 5.32 Å². The zero-order valence-corrected chi connectivity index (χ0v) is 14.4. The number of rotatable bonds is 8. The van der Waals surface area contributed by atoms with Gasteiger partial charge in [-0.15, -0.1) is 0 Å². The van der Waals surface area contributed by atoms with Crippen LogP contribution in [0.25, 0.3) is 0 Å². The van der Waals surface area contributed by atoms with E-state index in [1.54, 1.807) is 25.3 Å². The van der Waals surface area contributed by atoms with E-state index in [-0.39, 0.29) is 12.5 Å². The normalized spacial score (nSPS) is 10.7. The first-order chi connectivity index (χ1) is 11.6. The number of carbonyl (C=O) groups is 1. The van der Waals surface area contributed by atoms with Crippen LogP contribution in [0, 0.1) is 0 Å². The Kier molecular flexibility index (Phi) is 7.06. The molecule has 6 heteroatoms. The van der Waals surface area contributed by atoms with Crippen LogP contribution in [0.4, 0.5) is 5.69 Å². The van der Waals surface area contributed by atoms with Crippen molar-refractivity contribution in [3.63, 3.8) is 0 Å². The molecule has 2 aromatic carbocycles. The Morgan fingerprint density at radius 2 is 2.00 bits per heavy atom. The molecule has 128 valence electrons. The third-order valence-electron chi connectivity index (χ3n) is 3.50. The average molecular weight is 348 g/mol. The van der Waals surface area contributed by atoms with Crippen LogP contribution in [-0.2, 0) is 11.3 Å². The molecule has 0 aliphatic carbocycles. The largest absolute Gasteiger partial charge is 0.495 e. The van der Waals surface area contributed by atoms with Gasteiger partial charge in [-0.25, -0.2) is 0 Å². The highest BCUT2D eigenvalue weighted by Gasteiger charge is 2.12. The Bertz CT molecular complexity index is 665. The number of amides is 1. The molecule has 5 nitrogen and oxygen atoms in total. The zero-order chi connectivity index (χ0) is 17.4. The lowest BCUT2D eigenvalue weighted by atomic mass is 10.2. The molecule has 0 radical (unpaired) electrons. The number of nitrogens with zero attached hydrogens (tertiary/aromatic N) is 1. The van der Waals surface area contributed by atoms with E-state index in [0.717, 1.165) is 5.56 Å². The van der Waals surface area contributed by atoms with Gasteiger partial charge < -0.3 is 15.8 Å². The number of anilines is 1. The Labute approximate surface area is 147 Å². The van der Waals surface area contributed by atoms with Crippen molar-refractivity contribution in [2.45, 2.75) is 6.54 Å². The standard InChI is InChI=1S/C18H22ClN3O2/c1-24-17-8-7-15(11-16(17)19)21-18(23)13-22(10-9-20)12-14-5-3-2-4-6-14/h2-8,11H,9-10,12-13,20H2,1H3,(H,21,23). The van der Waals surface area contributed by atoms with Crippen molar-refractivity contribution in [3.8, 4) is 5.75 Å². The third-order valence-corrected chi connectivity index (χ3v) is 3.79. The quantitative estimate of drug-likeness (QED) is 0.770. The van der Waals surface area contributed by atoms with Gasteiger partial charge in [-0.3, -0.25) is 9.69 Å². The lowest BCUT2D eigenvalue weighted by Gasteiger charge is -2.21. The maximum absolute atomic E-state index is 12.3. The molecule has 0 aliphatic rings. The number of halogens is 1. The Morgan fingerprint density at radius 3 is 2.62 bits per heavy atom. The molecule has 0 saturated carbocycles. The fourth-order valence-corrected chi connectivity index (χ4v) is 2.64. The summed E-state index contributed by atoms with van der Waals surface area (Å²) in [6.45, 7) is 2.07. The summed E-state index contributed by atoms with van der Waals surface area (Å²) in [5.74, 6) is 0.462. The first-order valence-electron chi connectivity index (χ1n) is 7.72. The van der Waals surface area contributed by atoms with E-state index in [1.807, 2.05) is 35.2 Å². The molecule has 0 bridgehead atoms. The predicted molar refractivity (Wildman–Crippen MR) is 97.4 cm³/mol. The number of nitrogens with one attached hydrogen (secondary N) is 1. The molecule has 2 rings (SSSR count). The van der Waals surface area contributed by atoms with Crippen LogP contribution >= 0.6 is 11.6 Å². The van der Waals surface area contributed by atoms with Gasteiger partial charge in [-0.05, 0) is 23.8 Å². The summed E-state index contributed by atoms with van der Waals surface area (Å²) < 4.78 is 5.10. The number of methoxy groups -OCH3 is 1. The summed E-state index contributed by atoms with van der Waals surface area (Å²) in [5, 5.41) is 3.30. The molecule has 0 aromatic heterocycles. The molecule has 24 heavy (non-hydrogen) atoms. The second-order valence-corrected chi connectivity index (χ2v) is 5.79. The molecule has 2 aromatic rings. The van der Waals surface area contributed by atoms with Crippen LogP contribution in [0.15, 0.2) is 48.5 Å². The molecule has 0 unspecified atom stereocenters. The van der Waals surface area contributed by atoms with Crippen molar-refractivity contribution in [2.75, 3.05) is 32.1 Å². The average Bonchev–Trinajstić information content (AvgIpc) is 2.56. The highest BCUT2D eigenvalue weighted by molar-refractivity contribution is 6.32. The minimum absolute atomic E-state index is 0.111. The minimum atomic E-state index is -0.111. The van der Waals surface area contributed by atoms with Crippen molar-refractivity contribution in [2.24, 2.45) is 5.73 Å². The summed E-state index contributed by atoms with van der Waals surface area (Å²) >= 11 is 6.07. The Morgan fingerprint density at radius 1 is 1.25 bits per heavy atom. The van der Waals surface area contributed by atoms with E-state index in [1.165, 1.54) is 0 Å². The van der Waals surface area contributed by atoms with Crippen LogP contribution in [0.3, 0.4) is 0 Å². The number of nitrogens with two attached hydrogens (primary N) is 1. The van der Waals surface area contributed by atoms with Crippen LogP contribution in [0.1, 0.15) is 5.56 Å². The van der Waals surface area contributed by atoms with Crippen molar-refractivity contribution < 1.29 is 9.53 Å². The van der Waals surface area contributed by atoms with Gasteiger partial charge in [0.05, 0.1) is 18.7 Å². The lowest BCUT2D eigenvalue weighted by molar-refractivity contribution is -0.117. The number of ether oxygens (including phenoxy) is 1. The van der Waals surface area contributed by atoms with Crippen LogP contribution < -0.4 is 15.8 Å². The molecule has 1 amide bonds. The summed E-state index contributed by atoms with van der Waals surface area (Å²) in [5.41, 5.74) is 7.44.